The van der Waals surface area contributed by atoms with Crippen LogP contribution in [0.25, 0.3) is 0 Å². The number of aromatic nitrogens is 2. The lowest BCUT2D eigenvalue weighted by Gasteiger charge is -1.78. The van der Waals surface area contributed by atoms with E-state index in [-0.39, 0.29) is 0 Å². The molecule has 0 saturated carbocycles. The van der Waals surface area contributed by atoms with Gasteiger partial charge in [-0.3, -0.25) is 0 Å². The third kappa shape index (κ3) is 1.66. The molecule has 1 heterocycles. The van der Waals surface area contributed by atoms with Gasteiger partial charge in [-0.25, -0.2) is 0 Å². The zero-order chi connectivity index (χ0) is 6.69. The molecule has 9 heavy (non-hydrogen) atoms. The van der Waals surface area contributed by atoms with E-state index in [0.29, 0.717) is 0 Å². The van der Waals surface area contributed by atoms with Crippen LogP contribution in [0.2, 0.25) is 0 Å². The summed E-state index contributed by atoms with van der Waals surface area (Å²) < 4.78 is 1.06. The van der Waals surface area contributed by atoms with E-state index in [1.54, 1.807) is 23.1 Å². The summed E-state index contributed by atoms with van der Waals surface area (Å²) in [6.07, 6.45) is 3.01. The first-order valence-electron chi connectivity index (χ1n) is 2.73. The van der Waals surface area contributed by atoms with Crippen molar-refractivity contribution in [3.63, 3.8) is 0 Å². The van der Waals surface area contributed by atoms with Gasteiger partial charge in [0.25, 0.3) is 0 Å². The molecule has 1 rings (SSSR count). The Bertz CT molecular complexity index is 166. The van der Waals surface area contributed by atoms with Gasteiger partial charge in [-0.1, -0.05) is 30.0 Å². The summed E-state index contributed by atoms with van der Waals surface area (Å²) in [5.74, 6) is 0. The molecular weight excluding hydrogens is 152 g/mol. The third-order valence-corrected chi connectivity index (χ3v) is 2.97. The standard InChI is InChI=1S/C5H8N2S2/c1-3-4-6-7-5(8-2)9-4/h3H2,1-2H3. The average Bonchev–Trinajstić information content (AvgIpc) is 2.34. The van der Waals surface area contributed by atoms with Gasteiger partial charge in [-0.15, -0.1) is 10.2 Å². The van der Waals surface area contributed by atoms with E-state index in [4.69, 9.17) is 0 Å². The van der Waals surface area contributed by atoms with Crippen LogP contribution < -0.4 is 0 Å². The maximum atomic E-state index is 3.95. The van der Waals surface area contributed by atoms with E-state index in [1.165, 1.54) is 0 Å². The molecule has 50 valence electrons. The first-order valence-corrected chi connectivity index (χ1v) is 4.77. The van der Waals surface area contributed by atoms with Crippen LogP contribution in [0.4, 0.5) is 0 Å². The number of nitrogens with zero attached hydrogens (tertiary/aromatic N) is 2. The molecule has 0 saturated heterocycles. The Kier molecular flexibility index (Phi) is 2.48. The second-order valence-electron chi connectivity index (χ2n) is 1.52. The highest BCUT2D eigenvalue weighted by atomic mass is 32.2. The van der Waals surface area contributed by atoms with Crippen molar-refractivity contribution in [1.82, 2.24) is 10.2 Å². The number of aryl methyl sites for hydroxylation is 1. The molecule has 2 nitrogen and oxygen atoms in total. The summed E-state index contributed by atoms with van der Waals surface area (Å²) in [5.41, 5.74) is 0. The summed E-state index contributed by atoms with van der Waals surface area (Å²) in [4.78, 5) is 0. The fourth-order valence-corrected chi connectivity index (χ4v) is 1.72. The van der Waals surface area contributed by atoms with Crippen LogP contribution in [-0.4, -0.2) is 16.5 Å². The molecule has 0 N–H and O–H groups in total. The van der Waals surface area contributed by atoms with Gasteiger partial charge in [-0.05, 0) is 12.7 Å². The number of hydrogen-bond donors (Lipinski definition) is 0. The fourth-order valence-electron chi connectivity index (χ4n) is 0.464. The molecule has 1 aromatic rings. The predicted octanol–water partition coefficient (Wildman–Crippen LogP) is 1.82. The van der Waals surface area contributed by atoms with Crippen LogP contribution in [0.5, 0.6) is 0 Å². The summed E-state index contributed by atoms with van der Waals surface area (Å²) in [5, 5.41) is 9.01. The van der Waals surface area contributed by atoms with E-state index in [2.05, 4.69) is 17.1 Å². The second kappa shape index (κ2) is 3.17. The van der Waals surface area contributed by atoms with Gasteiger partial charge in [0.05, 0.1) is 0 Å². The normalized spacial score (nSPS) is 10.0. The largest absolute Gasteiger partial charge is 0.174 e. The van der Waals surface area contributed by atoms with E-state index in [9.17, 15) is 0 Å². The van der Waals surface area contributed by atoms with Crippen molar-refractivity contribution in [1.29, 1.82) is 0 Å². The number of thioether (sulfide) groups is 1. The number of rotatable bonds is 2. The molecule has 4 heteroatoms. The second-order valence-corrected chi connectivity index (χ2v) is 3.63. The van der Waals surface area contributed by atoms with Gasteiger partial charge in [-0.2, -0.15) is 0 Å². The highest BCUT2D eigenvalue weighted by Crippen LogP contribution is 2.19. The molecule has 0 radical (unpaired) electrons. The van der Waals surface area contributed by atoms with Crippen LogP contribution in [0.3, 0.4) is 0 Å². The third-order valence-electron chi connectivity index (χ3n) is 0.925. The Balaban J connectivity index is 2.74. The minimum atomic E-state index is 0.998. The van der Waals surface area contributed by atoms with Crippen LogP contribution in [0.1, 0.15) is 11.9 Å². The van der Waals surface area contributed by atoms with Gasteiger partial charge in [0.15, 0.2) is 4.34 Å². The van der Waals surface area contributed by atoms with Crippen LogP contribution in [0, 0.1) is 0 Å². The van der Waals surface area contributed by atoms with Gasteiger partial charge in [0.2, 0.25) is 0 Å². The van der Waals surface area contributed by atoms with Gasteiger partial charge in [0.1, 0.15) is 5.01 Å². The van der Waals surface area contributed by atoms with Crippen molar-refractivity contribution in [2.24, 2.45) is 0 Å². The lowest BCUT2D eigenvalue weighted by Crippen LogP contribution is -1.74. The van der Waals surface area contributed by atoms with Gasteiger partial charge in [0, 0.05) is 0 Å². The maximum Gasteiger partial charge on any atom is 0.174 e. The maximum absolute atomic E-state index is 3.95. The Labute approximate surface area is 62.7 Å². The van der Waals surface area contributed by atoms with Gasteiger partial charge < -0.3 is 0 Å². The zero-order valence-electron chi connectivity index (χ0n) is 5.42. The minimum Gasteiger partial charge on any atom is -0.143 e. The first kappa shape index (κ1) is 7.02. The summed E-state index contributed by atoms with van der Waals surface area (Å²) in [7, 11) is 0. The lowest BCUT2D eigenvalue weighted by atomic mass is 10.5. The monoisotopic (exact) mass is 160 g/mol. The fraction of sp³-hybridized carbons (Fsp3) is 0.600. The van der Waals surface area contributed by atoms with E-state index < -0.39 is 0 Å². The van der Waals surface area contributed by atoms with E-state index >= 15 is 0 Å². The number of hydrogen-bond acceptors (Lipinski definition) is 4. The molecule has 0 atom stereocenters. The highest BCUT2D eigenvalue weighted by molar-refractivity contribution is 8.00. The lowest BCUT2D eigenvalue weighted by molar-refractivity contribution is 0.944. The smallest absolute Gasteiger partial charge is 0.143 e. The van der Waals surface area contributed by atoms with Crippen molar-refractivity contribution in [2.45, 2.75) is 17.7 Å². The SMILES string of the molecule is CCc1nnc(SC)s1. The molecular formula is C5H8N2S2. The average molecular weight is 160 g/mol. The van der Waals surface area contributed by atoms with Crippen molar-refractivity contribution in [3.8, 4) is 0 Å². The zero-order valence-corrected chi connectivity index (χ0v) is 7.05. The summed E-state index contributed by atoms with van der Waals surface area (Å²) >= 11 is 3.32. The molecule has 0 aromatic carbocycles. The topological polar surface area (TPSA) is 25.8 Å². The molecule has 0 amide bonds. The molecule has 0 unspecified atom stereocenters. The van der Waals surface area contributed by atoms with Crippen molar-refractivity contribution >= 4 is 23.1 Å². The Morgan fingerprint density at radius 3 is 2.67 bits per heavy atom. The molecule has 0 aliphatic rings. The van der Waals surface area contributed by atoms with Crippen molar-refractivity contribution in [3.05, 3.63) is 5.01 Å². The Hall–Kier alpha value is -0.0900. The van der Waals surface area contributed by atoms with Crippen LogP contribution >= 0.6 is 23.1 Å². The summed E-state index contributed by atoms with van der Waals surface area (Å²) in [6, 6.07) is 0. The molecule has 1 aromatic heterocycles. The quantitative estimate of drug-likeness (QED) is 0.617. The van der Waals surface area contributed by atoms with Crippen molar-refractivity contribution < 1.29 is 0 Å². The molecule has 0 aliphatic heterocycles. The minimum absolute atomic E-state index is 0.998. The molecule has 0 bridgehead atoms. The van der Waals surface area contributed by atoms with E-state index in [1.807, 2.05) is 6.26 Å². The molecule has 0 aliphatic carbocycles. The molecule has 0 fully saturated rings. The molecule has 0 spiro atoms. The van der Waals surface area contributed by atoms with Gasteiger partial charge >= 0.3 is 0 Å². The first-order chi connectivity index (χ1) is 4.36. The highest BCUT2D eigenvalue weighted by Gasteiger charge is 1.97. The predicted molar refractivity (Wildman–Crippen MR) is 41.1 cm³/mol. The van der Waals surface area contributed by atoms with Crippen LogP contribution in [-0.2, 0) is 6.42 Å². The van der Waals surface area contributed by atoms with Crippen LogP contribution in [0.15, 0.2) is 4.34 Å². The van der Waals surface area contributed by atoms with Crippen molar-refractivity contribution in [2.75, 3.05) is 6.26 Å². The summed E-state index contributed by atoms with van der Waals surface area (Å²) in [6.45, 7) is 2.09. The Morgan fingerprint density at radius 1 is 1.56 bits per heavy atom. The van der Waals surface area contributed by atoms with E-state index in [0.717, 1.165) is 15.8 Å². The Morgan fingerprint density at radius 2 is 2.33 bits per heavy atom.